The number of fused-ring (bicyclic) bond motifs is 1. The van der Waals surface area contributed by atoms with Gasteiger partial charge in [-0.2, -0.15) is 0 Å². The topological polar surface area (TPSA) is 203 Å². The number of aromatic nitrogens is 2. The van der Waals surface area contributed by atoms with E-state index in [2.05, 4.69) is 42.6 Å². The van der Waals surface area contributed by atoms with Gasteiger partial charge in [0.2, 0.25) is 29.5 Å². The van der Waals surface area contributed by atoms with Crippen molar-refractivity contribution in [3.63, 3.8) is 0 Å². The molecule has 4 saturated heterocycles. The summed E-state index contributed by atoms with van der Waals surface area (Å²) < 4.78 is 0. The molecule has 17 heteroatoms. The summed E-state index contributed by atoms with van der Waals surface area (Å²) in [7, 11) is 0. The minimum Gasteiger partial charge on any atom is -0.355 e. The summed E-state index contributed by atoms with van der Waals surface area (Å²) in [5, 5.41) is 8.93. The number of nitrogens with zero attached hydrogens (tertiary/aromatic N) is 6. The molecule has 5 N–H and O–H groups in total. The summed E-state index contributed by atoms with van der Waals surface area (Å²) in [5.41, 5.74) is 8.85. The zero-order chi connectivity index (χ0) is 44.1. The van der Waals surface area contributed by atoms with Gasteiger partial charge in [0.05, 0.1) is 12.4 Å². The molecule has 0 aliphatic carbocycles. The van der Waals surface area contributed by atoms with Crippen molar-refractivity contribution in [2.75, 3.05) is 61.3 Å². The number of rotatable bonds is 17. The number of benzene rings is 2. The van der Waals surface area contributed by atoms with Gasteiger partial charge < -0.3 is 36.0 Å². The fraction of sp³-hybridized carbons (Fsp3) is 0.522. The quantitative estimate of drug-likeness (QED) is 0.109. The molecule has 1 unspecified atom stereocenters. The van der Waals surface area contributed by atoms with Crippen molar-refractivity contribution >= 4 is 64.4 Å². The summed E-state index contributed by atoms with van der Waals surface area (Å²) in [5.74, 6) is -0.427. The van der Waals surface area contributed by atoms with Crippen LogP contribution < -0.4 is 26.6 Å². The average Bonchev–Trinajstić information content (AvgIpc) is 3.54. The van der Waals surface area contributed by atoms with Crippen LogP contribution in [0.5, 0.6) is 0 Å². The first kappa shape index (κ1) is 44.2. The molecule has 1 aromatic heterocycles. The van der Waals surface area contributed by atoms with Crippen LogP contribution in [-0.4, -0.2) is 118 Å². The molecule has 8 rings (SSSR count). The standard InChI is InChI=1S/C46H58N10O6S/c1-45(47)17-20-54(21-18-45)37-24-49-41(25-48-37)63-34-9-7-8-32(22-34)50-39(58)15-16-42(60)55-29-46(30-55)27-53(28-46)19-6-4-2-3-5-10-38(57)51-33-12-11-31-26-56(44(62)35(31)23-33)36-13-14-40(59)52-43(36)61/h7-9,11-12,22-25,36H,2-6,10,13-21,26-30,47H2,1H3,(H,50,58)(H,51,57)(H,52,59,61). The van der Waals surface area contributed by atoms with E-state index in [1.165, 1.54) is 16.7 Å². The summed E-state index contributed by atoms with van der Waals surface area (Å²) >= 11 is 1.48. The minimum absolute atomic E-state index is 0.0246. The average molecular weight is 879 g/mol. The Kier molecular flexibility index (Phi) is 13.4. The number of hydrogen-bond donors (Lipinski definition) is 4. The van der Waals surface area contributed by atoms with Crippen molar-refractivity contribution in [2.45, 2.75) is 112 Å². The molecule has 2 aromatic carbocycles. The highest BCUT2D eigenvalue weighted by Crippen LogP contribution is 2.40. The third-order valence-corrected chi connectivity index (χ3v) is 13.9. The number of hydrogen-bond acceptors (Lipinski definition) is 12. The van der Waals surface area contributed by atoms with E-state index < -0.39 is 11.9 Å². The van der Waals surface area contributed by atoms with Gasteiger partial charge in [-0.25, -0.2) is 9.97 Å². The zero-order valence-corrected chi connectivity index (χ0v) is 36.9. The number of anilines is 3. The van der Waals surface area contributed by atoms with Crippen LogP contribution in [0, 0.1) is 5.41 Å². The number of unbranched alkanes of at least 4 members (excludes halogenated alkanes) is 4. The molecular formula is C46H58N10O6S. The Morgan fingerprint density at radius 3 is 2.33 bits per heavy atom. The van der Waals surface area contributed by atoms with Crippen LogP contribution in [0.15, 0.2) is 64.8 Å². The van der Waals surface area contributed by atoms with Crippen LogP contribution >= 0.6 is 11.8 Å². The van der Waals surface area contributed by atoms with Crippen molar-refractivity contribution < 1.29 is 28.8 Å². The number of amides is 6. The Balaban J connectivity index is 0.649. The number of carbonyl (C=O) groups excluding carboxylic acids is 6. The summed E-state index contributed by atoms with van der Waals surface area (Å²) in [6.45, 7) is 8.65. The van der Waals surface area contributed by atoms with Gasteiger partial charge >= 0.3 is 0 Å². The lowest BCUT2D eigenvalue weighted by molar-refractivity contribution is -0.159. The van der Waals surface area contributed by atoms with Crippen molar-refractivity contribution in [1.82, 2.24) is 30.0 Å². The van der Waals surface area contributed by atoms with Crippen LogP contribution in [0.3, 0.4) is 0 Å². The monoisotopic (exact) mass is 878 g/mol. The lowest BCUT2D eigenvalue weighted by Crippen LogP contribution is -2.72. The maximum Gasteiger partial charge on any atom is 0.255 e. The molecule has 63 heavy (non-hydrogen) atoms. The molecule has 5 aliphatic heterocycles. The minimum atomic E-state index is -0.668. The highest BCUT2D eigenvalue weighted by Gasteiger charge is 2.52. The van der Waals surface area contributed by atoms with Crippen molar-refractivity contribution in [3.05, 3.63) is 66.0 Å². The summed E-state index contributed by atoms with van der Waals surface area (Å²) in [4.78, 5) is 93.5. The number of likely N-dealkylation sites (tertiary alicyclic amines) is 2. The fourth-order valence-corrected chi connectivity index (χ4v) is 10.1. The van der Waals surface area contributed by atoms with Crippen LogP contribution in [0.2, 0.25) is 0 Å². The lowest BCUT2D eigenvalue weighted by Gasteiger charge is -2.60. The Hall–Kier alpha value is -5.39. The predicted molar refractivity (Wildman–Crippen MR) is 239 cm³/mol. The van der Waals surface area contributed by atoms with E-state index in [0.717, 1.165) is 112 Å². The van der Waals surface area contributed by atoms with E-state index in [-0.39, 0.29) is 59.8 Å². The van der Waals surface area contributed by atoms with Gasteiger partial charge in [-0.15, -0.1) is 0 Å². The second kappa shape index (κ2) is 19.2. The molecule has 1 spiro atoms. The van der Waals surface area contributed by atoms with Gasteiger partial charge in [-0.3, -0.25) is 34.1 Å². The number of nitrogens with one attached hydrogen (secondary N) is 3. The van der Waals surface area contributed by atoms with Crippen molar-refractivity contribution in [2.24, 2.45) is 11.1 Å². The molecule has 334 valence electrons. The molecule has 6 heterocycles. The van der Waals surface area contributed by atoms with Gasteiger partial charge in [0.25, 0.3) is 5.91 Å². The molecule has 0 saturated carbocycles. The maximum atomic E-state index is 13.1. The molecule has 1 atom stereocenters. The first-order chi connectivity index (χ1) is 30.3. The molecule has 0 bridgehead atoms. The first-order valence-corrected chi connectivity index (χ1v) is 23.1. The molecular weight excluding hydrogens is 821 g/mol. The van der Waals surface area contributed by atoms with E-state index in [9.17, 15) is 28.8 Å². The largest absolute Gasteiger partial charge is 0.355 e. The number of nitrogens with two attached hydrogens (primary N) is 1. The van der Waals surface area contributed by atoms with Crippen molar-refractivity contribution in [3.8, 4) is 0 Å². The smallest absolute Gasteiger partial charge is 0.255 e. The Bertz CT molecular complexity index is 2210. The molecule has 0 radical (unpaired) electrons. The zero-order valence-electron chi connectivity index (χ0n) is 36.0. The normalized spacial score (nSPS) is 20.2. The second-order valence-corrected chi connectivity index (χ2v) is 19.4. The Morgan fingerprint density at radius 1 is 0.857 bits per heavy atom. The van der Waals surface area contributed by atoms with E-state index in [1.807, 2.05) is 35.2 Å². The van der Waals surface area contributed by atoms with Crippen LogP contribution in [-0.2, 0) is 30.5 Å². The number of piperidine rings is 2. The fourth-order valence-electron chi connectivity index (χ4n) is 9.34. The van der Waals surface area contributed by atoms with E-state index in [4.69, 9.17) is 5.73 Å². The third kappa shape index (κ3) is 11.0. The van der Waals surface area contributed by atoms with Crippen LogP contribution in [0.25, 0.3) is 0 Å². The third-order valence-electron chi connectivity index (χ3n) is 13.0. The molecule has 5 aliphatic rings. The van der Waals surface area contributed by atoms with Gasteiger partial charge in [0, 0.05) is 104 Å². The van der Waals surface area contributed by atoms with Gasteiger partial charge in [0.15, 0.2) is 0 Å². The second-order valence-electron chi connectivity index (χ2n) is 18.3. The molecule has 16 nitrogen and oxygen atoms in total. The van der Waals surface area contributed by atoms with Crippen LogP contribution in [0.4, 0.5) is 17.2 Å². The van der Waals surface area contributed by atoms with Gasteiger partial charge in [-0.1, -0.05) is 43.2 Å². The van der Waals surface area contributed by atoms with Crippen molar-refractivity contribution in [1.29, 1.82) is 0 Å². The Morgan fingerprint density at radius 2 is 1.59 bits per heavy atom. The summed E-state index contributed by atoms with van der Waals surface area (Å²) in [6.07, 6.45) is 11.6. The summed E-state index contributed by atoms with van der Waals surface area (Å²) in [6, 6.07) is 12.2. The SMILES string of the molecule is CC1(N)CCN(c2cnc(Sc3cccc(NC(=O)CCC(=O)N4CC5(CN(CCCCCCCC(=O)Nc6ccc7c(c6)C(=O)N(C6CCC(=O)NC6=O)C7)C5)C4)c3)cn2)CC1. The first-order valence-electron chi connectivity index (χ1n) is 22.3. The molecule has 6 amide bonds. The predicted octanol–water partition coefficient (Wildman–Crippen LogP) is 4.55. The number of imide groups is 1. The molecule has 4 fully saturated rings. The number of carbonyl (C=O) groups is 6. The van der Waals surface area contributed by atoms with Gasteiger partial charge in [0.1, 0.15) is 16.9 Å². The van der Waals surface area contributed by atoms with E-state index in [1.54, 1.807) is 24.5 Å². The molecule has 3 aromatic rings. The highest BCUT2D eigenvalue weighted by molar-refractivity contribution is 7.99. The highest BCUT2D eigenvalue weighted by atomic mass is 32.2. The van der Waals surface area contributed by atoms with E-state index in [0.29, 0.717) is 36.3 Å². The van der Waals surface area contributed by atoms with Gasteiger partial charge in [-0.05, 0) is 81.5 Å². The van der Waals surface area contributed by atoms with Crippen LogP contribution in [0.1, 0.15) is 99.9 Å². The maximum absolute atomic E-state index is 13.1. The Labute approximate surface area is 372 Å². The van der Waals surface area contributed by atoms with E-state index >= 15 is 0 Å². The lowest BCUT2D eigenvalue weighted by atomic mass is 9.72.